The number of hydrogen-bond acceptors (Lipinski definition) is 25. The Labute approximate surface area is 863 Å². The Morgan fingerprint density at radius 3 is 1.55 bits per heavy atom. The highest BCUT2D eigenvalue weighted by Crippen LogP contribution is 2.29. The van der Waals surface area contributed by atoms with Crippen molar-refractivity contribution in [2.75, 3.05) is 65.4 Å². The number of carboxylic acids is 2. The molecule has 3 fully saturated rings. The molecule has 0 unspecified atom stereocenters. The lowest BCUT2D eigenvalue weighted by atomic mass is 9.99. The number of benzene rings is 3. The number of para-hydroxylation sites is 2. The molecule has 15 atom stereocenters. The highest BCUT2D eigenvalue weighted by atomic mass is 32.2. The fraction of sp³-hybridized carbons (Fsp3) is 0.564. The Morgan fingerprint density at radius 1 is 0.486 bits per heavy atom. The van der Waals surface area contributed by atoms with Crippen LogP contribution in [0.1, 0.15) is 204 Å². The number of aliphatic hydroxyl groups excluding tert-OH is 1. The molecule has 148 heavy (non-hydrogen) atoms. The number of carboxylic acid groups (broad SMARTS) is 2. The van der Waals surface area contributed by atoms with Crippen molar-refractivity contribution in [3.63, 3.8) is 0 Å². The van der Waals surface area contributed by atoms with Gasteiger partial charge in [0.1, 0.15) is 90.3 Å². The summed E-state index contributed by atoms with van der Waals surface area (Å²) in [6.45, 7) is 6.47. The maximum absolute atomic E-state index is 15.7. The molecule has 3 aliphatic heterocycles. The van der Waals surface area contributed by atoms with Gasteiger partial charge in [-0.3, -0.25) is 91.1 Å². The lowest BCUT2D eigenvalue weighted by Crippen LogP contribution is -2.61. The van der Waals surface area contributed by atoms with Crippen LogP contribution in [0.4, 0.5) is 0 Å². The van der Waals surface area contributed by atoms with Crippen LogP contribution >= 0.6 is 11.8 Å². The van der Waals surface area contributed by atoms with Crippen LogP contribution in [0.5, 0.6) is 5.75 Å². The largest absolute Gasteiger partial charge is 0.508 e. The van der Waals surface area contributed by atoms with Crippen LogP contribution in [0.3, 0.4) is 0 Å². The molecule has 6 aromatic rings. The van der Waals surface area contributed by atoms with Gasteiger partial charge in [0.05, 0.1) is 24.6 Å². The third-order valence-electron chi connectivity index (χ3n) is 26.6. The average molecular weight is 2080 g/mol. The Morgan fingerprint density at radius 2 is 0.986 bits per heavy atom. The maximum atomic E-state index is 15.7. The number of thioether (sulfide) groups is 1. The van der Waals surface area contributed by atoms with Crippen LogP contribution in [0.25, 0.3) is 21.8 Å². The lowest BCUT2D eigenvalue weighted by molar-refractivity contribution is -0.149. The predicted octanol–water partition coefficient (Wildman–Crippen LogP) is 0.324. The first-order valence-corrected chi connectivity index (χ1v) is 51.8. The number of H-pyrrole nitrogens is 3. The first kappa shape index (κ1) is 119. The molecule has 9 rings (SSSR count). The van der Waals surface area contributed by atoms with Crippen LogP contribution < -0.4 is 76.1 Å². The molecular weight excluding hydrogens is 1940 g/mol. The molecule has 810 valence electrons. The predicted molar refractivity (Wildman–Crippen MR) is 548 cm³/mol. The first-order valence-electron chi connectivity index (χ1n) is 50.6. The number of aromatic hydroxyl groups is 1. The summed E-state index contributed by atoms with van der Waals surface area (Å²) in [6, 6.07) is -2.01. The van der Waals surface area contributed by atoms with E-state index in [9.17, 15) is 72.9 Å². The third-order valence-corrected chi connectivity index (χ3v) is 27.6. The zero-order valence-electron chi connectivity index (χ0n) is 85.1. The summed E-state index contributed by atoms with van der Waals surface area (Å²) in [5, 5.41) is 68.2. The summed E-state index contributed by atoms with van der Waals surface area (Å²) in [4.78, 5) is 288. The van der Waals surface area contributed by atoms with Crippen molar-refractivity contribution in [1.82, 2.24) is 97.6 Å². The van der Waals surface area contributed by atoms with E-state index in [1.54, 1.807) is 60.9 Å². The molecule has 3 aromatic carbocycles. The molecule has 3 aliphatic rings. The topological polar surface area (TPSA) is 706 Å². The number of carbonyl (C=O) groups excluding carboxylic acids is 17. The van der Waals surface area contributed by atoms with E-state index >= 15 is 33.6 Å². The van der Waals surface area contributed by atoms with Gasteiger partial charge in [0, 0.05) is 144 Å². The number of nitrogens with zero attached hydrogens (tertiary/aromatic N) is 6. The molecular formula is C101H147N23O23S. The van der Waals surface area contributed by atoms with E-state index in [2.05, 4.69) is 73.1 Å². The molecule has 3 saturated heterocycles. The molecule has 6 heterocycles. The number of amides is 17. The van der Waals surface area contributed by atoms with Crippen molar-refractivity contribution in [2.24, 2.45) is 22.9 Å². The number of nitrogens with two attached hydrogens (primary N) is 4. The van der Waals surface area contributed by atoms with Crippen molar-refractivity contribution in [3.05, 3.63) is 120 Å². The second-order valence-electron chi connectivity index (χ2n) is 37.7. The summed E-state index contributed by atoms with van der Waals surface area (Å²) >= 11 is 0.804. The lowest BCUT2D eigenvalue weighted by Gasteiger charge is -2.36. The van der Waals surface area contributed by atoms with Gasteiger partial charge in [0.15, 0.2) is 0 Å². The van der Waals surface area contributed by atoms with Crippen LogP contribution in [0, 0.1) is 0 Å². The van der Waals surface area contributed by atoms with Gasteiger partial charge in [-0.15, -0.1) is 11.8 Å². The van der Waals surface area contributed by atoms with Crippen LogP contribution in [-0.2, 0) is 117 Å². The number of carbonyl (C=O) groups is 19. The SMILES string of the molecule is CCC(=O)NCCCCCCCCCCC(=O)O.CCCC[C@H]1C(=O)N(C)[C@@H](CCCC)C(=O)N[C@@H](CCN)C(=O)N[C@H](C(N)=O)CSCC(=O)N[C@@H](Cc2ccc(O)cc2)C(=O)N(C)[C@@H](C)C(=O)N[C@@H](CC(N)=O)C(=O)N2CCC[C@H]2C(=O)N[C@@H](Cc2cnc[nH]2)C(=O)N[C@@H](CCC(=O)O)C(=O)N2C[C@H](O)C[C@H]2C(=O)N[C@@H](Cc2c[nH]c3ccccc23)C(=O)N[C@@H](CCN)C(=O)N[C@@H](Cc2c[nH]c3ccccc23)C(=O)N1C. The minimum absolute atomic E-state index is 0.0311. The maximum Gasteiger partial charge on any atom is 0.303 e. The first-order chi connectivity index (χ1) is 70.7. The fourth-order valence-corrected chi connectivity index (χ4v) is 18.9. The van der Waals surface area contributed by atoms with Gasteiger partial charge < -0.3 is 136 Å². The molecule has 0 aliphatic carbocycles. The monoisotopic (exact) mass is 2080 g/mol. The number of fused-ring (bicyclic) bond motifs is 4. The normalized spacial score (nSPS) is 23.5. The number of aromatic nitrogens is 4. The van der Waals surface area contributed by atoms with Crippen molar-refractivity contribution in [2.45, 2.75) is 298 Å². The molecule has 47 heteroatoms. The second kappa shape index (κ2) is 60.3. The Bertz CT molecular complexity index is 5510. The van der Waals surface area contributed by atoms with E-state index in [1.165, 1.54) is 100 Å². The summed E-state index contributed by atoms with van der Waals surface area (Å²) in [5.41, 5.74) is 26.8. The van der Waals surface area contributed by atoms with E-state index in [4.69, 9.17) is 28.0 Å². The molecule has 17 amide bonds. The average Bonchev–Trinajstić information content (AvgIpc) is 1.70. The van der Waals surface area contributed by atoms with Gasteiger partial charge in [0.2, 0.25) is 100 Å². The van der Waals surface area contributed by atoms with E-state index in [0.29, 0.717) is 77.0 Å². The zero-order valence-corrected chi connectivity index (χ0v) is 85.9. The summed E-state index contributed by atoms with van der Waals surface area (Å²) in [5.74, 6) is -18.2. The minimum Gasteiger partial charge on any atom is -0.508 e. The minimum atomic E-state index is -1.83. The van der Waals surface area contributed by atoms with E-state index in [1.807, 2.05) is 20.8 Å². The highest BCUT2D eigenvalue weighted by molar-refractivity contribution is 8.00. The van der Waals surface area contributed by atoms with Gasteiger partial charge in [-0.05, 0) is 119 Å². The summed E-state index contributed by atoms with van der Waals surface area (Å²) < 4.78 is 0. The van der Waals surface area contributed by atoms with E-state index in [0.717, 1.165) is 58.7 Å². The fourth-order valence-electron chi connectivity index (χ4n) is 18.0. The smallest absolute Gasteiger partial charge is 0.303 e. The number of primary amides is 2. The van der Waals surface area contributed by atoms with Gasteiger partial charge >= 0.3 is 11.9 Å². The summed E-state index contributed by atoms with van der Waals surface area (Å²) in [7, 11) is 3.96. The van der Waals surface area contributed by atoms with E-state index < -0.39 is 235 Å². The Balaban J connectivity index is 0.00000134. The number of phenolic OH excluding ortho intramolecular Hbond substituents is 1. The third kappa shape index (κ3) is 36.2. The number of aliphatic carboxylic acids is 2. The second-order valence-corrected chi connectivity index (χ2v) is 38.7. The van der Waals surface area contributed by atoms with Crippen molar-refractivity contribution < 1.29 is 112 Å². The molecule has 0 bridgehead atoms. The molecule has 25 N–H and O–H groups in total. The van der Waals surface area contributed by atoms with Crippen molar-refractivity contribution in [1.29, 1.82) is 0 Å². The number of hydrogen-bond donors (Lipinski definition) is 21. The van der Waals surface area contributed by atoms with Crippen molar-refractivity contribution in [3.8, 4) is 5.75 Å². The van der Waals surface area contributed by atoms with Gasteiger partial charge in [-0.1, -0.05) is 134 Å². The van der Waals surface area contributed by atoms with Crippen molar-refractivity contribution >= 4 is 146 Å². The number of rotatable bonds is 36. The van der Waals surface area contributed by atoms with Gasteiger partial charge in [-0.25, -0.2) is 4.98 Å². The number of nitrogens with one attached hydrogen (secondary N) is 13. The molecule has 0 saturated carbocycles. The number of likely N-dealkylation sites (N-methyl/N-ethyl adjacent to an activating group) is 3. The van der Waals surface area contributed by atoms with Crippen LogP contribution in [-0.4, -0.2) is 333 Å². The molecule has 46 nitrogen and oxygen atoms in total. The zero-order chi connectivity index (χ0) is 108. The Hall–Kier alpha value is -14.1. The number of aromatic amines is 3. The molecule has 3 aromatic heterocycles. The Kier molecular flexibility index (Phi) is 48.5. The standard InChI is InChI=1S/C87H120N22O20S.C14H27NO3/c1-7-9-20-67-80(122)98-59(30-32-89)77(119)104-66(74(91)116)44-130-45-72(113)96-63(34-48-23-25-52(110)26-24-48)83(125)105(4)47(3)75(117)102-65(39-71(90)112)86(128)108-33-15-22-68(108)81(123)101-62(37-51-42-92-46-95-51)79(121)99-60(27-28-73(114)115)85(127)109-43-53(111)38-70(109)82(124)100-61(35-49-40-93-56-18-13-11-16-54(49)56)78(120)97-58(29-31-88)76(118)103-64(36-50-41-94-57-19-14-12-17-55(50)57)84(126)107(6)69(21-10-8-2)87(129)106(67)5;1-2-13(16)15-12-10-8-6-4-3-5-7-9-11-14(17)18/h11-14,16-19,23-26,40-42,46-47,53,58-70,93-94,110-111H,7-10,15,20-22,27-39,43-45,88-89H2,1-6H3,(H2,90,112)(H2,91,116)(H,92,95)(H,96,113)(H,97,120)(H,98,122)(H,99,121)(H,100,124)(H,101,123)(H,102,117)(H,103,118)(H,104,119)(H,114,115);2-12H2,1H3,(H,15,16)(H,17,18)/t47-,53+,58-,59-,60-,61-,62-,63-,64-,65-,66-,67-,68-,69-,70-;/m0./s1. The number of imidazole rings is 1. The van der Waals surface area contributed by atoms with E-state index in [-0.39, 0.29) is 107 Å². The van der Waals surface area contributed by atoms with Crippen LogP contribution in [0.15, 0.2) is 97.7 Å². The van der Waals surface area contributed by atoms with Gasteiger partial charge in [-0.2, -0.15) is 0 Å². The number of aliphatic hydroxyl groups is 1. The molecule has 0 radical (unpaired) electrons. The quantitative estimate of drug-likeness (QED) is 0.0236. The summed E-state index contributed by atoms with van der Waals surface area (Å²) in [6.07, 6.45) is 11.6. The highest BCUT2D eigenvalue weighted by Gasteiger charge is 2.47. The number of phenols is 1. The number of unbranched alkanes of at least 4 members (excludes halogenated alkanes) is 9. The molecule has 0 spiro atoms. The van der Waals surface area contributed by atoms with Gasteiger partial charge in [0.25, 0.3) is 0 Å². The van der Waals surface area contributed by atoms with Crippen LogP contribution in [0.2, 0.25) is 0 Å².